The van der Waals surface area contributed by atoms with Crippen LogP contribution in [0.15, 0.2) is 0 Å². The SMILES string of the molecule is Cc1c(C)c(C)[p]([V+2][p]2c(C)c(C)c(C)c2C)c1C.[Cl-].[Cl-]. The van der Waals surface area contributed by atoms with Gasteiger partial charge in [-0.2, -0.15) is 0 Å². The average molecular weight is 400 g/mol. The molecule has 2 rings (SSSR count). The van der Waals surface area contributed by atoms with E-state index in [1.807, 2.05) is 0 Å². The van der Waals surface area contributed by atoms with Crippen LogP contribution in [-0.2, 0) is 15.4 Å². The molecule has 0 bridgehead atoms. The molecule has 0 N–H and O–H groups in total. The monoisotopic (exact) mass is 399 g/mol. The van der Waals surface area contributed by atoms with Gasteiger partial charge >= 0.3 is 126 Å². The van der Waals surface area contributed by atoms with Crippen molar-refractivity contribution >= 4 is 12.0 Å². The summed E-state index contributed by atoms with van der Waals surface area (Å²) in [7, 11) is 0. The van der Waals surface area contributed by atoms with Gasteiger partial charge in [-0.05, 0) is 0 Å². The van der Waals surface area contributed by atoms with Crippen LogP contribution >= 0.6 is 12.0 Å². The third-order valence-electron chi connectivity index (χ3n) is 4.75. The van der Waals surface area contributed by atoms with Crippen molar-refractivity contribution in [3.8, 4) is 0 Å². The van der Waals surface area contributed by atoms with E-state index >= 15 is 0 Å². The van der Waals surface area contributed by atoms with Crippen molar-refractivity contribution < 1.29 is 40.2 Å². The van der Waals surface area contributed by atoms with Gasteiger partial charge in [0.25, 0.3) is 0 Å². The van der Waals surface area contributed by atoms with Crippen molar-refractivity contribution in [2.45, 2.75) is 55.4 Å². The molecule has 0 aromatic carbocycles. The summed E-state index contributed by atoms with van der Waals surface area (Å²) in [5, 5.41) is 6.87. The van der Waals surface area contributed by atoms with Crippen LogP contribution in [-0.4, -0.2) is 0 Å². The summed E-state index contributed by atoms with van der Waals surface area (Å²) in [6.45, 7) is 18.8. The Hall–Kier alpha value is 0.724. The van der Waals surface area contributed by atoms with Crippen LogP contribution in [0.5, 0.6) is 0 Å². The van der Waals surface area contributed by atoms with Gasteiger partial charge in [0.2, 0.25) is 0 Å². The molecular weight excluding hydrogens is 376 g/mol. The molecule has 0 aliphatic carbocycles. The Bertz CT molecular complexity index is 547. The first-order valence-corrected chi connectivity index (χ1v) is 13.1. The zero-order chi connectivity index (χ0) is 14.5. The van der Waals surface area contributed by atoms with Gasteiger partial charge in [0.1, 0.15) is 0 Å². The van der Waals surface area contributed by atoms with Gasteiger partial charge in [0.05, 0.1) is 0 Å². The van der Waals surface area contributed by atoms with Crippen LogP contribution in [0.3, 0.4) is 0 Å². The molecule has 21 heavy (non-hydrogen) atoms. The van der Waals surface area contributed by atoms with Crippen molar-refractivity contribution in [3.63, 3.8) is 0 Å². The Morgan fingerprint density at radius 1 is 0.476 bits per heavy atom. The van der Waals surface area contributed by atoms with Crippen molar-refractivity contribution in [2.24, 2.45) is 0 Å². The quantitative estimate of drug-likeness (QED) is 0.687. The minimum absolute atomic E-state index is 0. The summed E-state index contributed by atoms with van der Waals surface area (Å²) < 4.78 is 0. The molecule has 2 aromatic heterocycles. The van der Waals surface area contributed by atoms with Gasteiger partial charge in [-0.1, -0.05) is 0 Å². The number of hydrogen-bond donors (Lipinski definition) is 0. The minimum atomic E-state index is 0. The fraction of sp³-hybridized carbons (Fsp3) is 0.500. The van der Waals surface area contributed by atoms with E-state index in [-0.39, 0.29) is 36.8 Å². The fourth-order valence-corrected chi connectivity index (χ4v) is 21.3. The Labute approximate surface area is 150 Å². The third-order valence-corrected chi connectivity index (χ3v) is 20.7. The maximum Gasteiger partial charge on any atom is -1.00 e. The van der Waals surface area contributed by atoms with E-state index in [9.17, 15) is 0 Å². The van der Waals surface area contributed by atoms with E-state index in [1.165, 1.54) is 0 Å². The third kappa shape index (κ3) is 3.63. The molecule has 0 amide bonds. The molecule has 0 aliphatic rings. The van der Waals surface area contributed by atoms with Gasteiger partial charge < -0.3 is 24.8 Å². The zero-order valence-corrected chi connectivity index (χ0v) is 18.8. The largest absolute Gasteiger partial charge is 1.00 e. The van der Waals surface area contributed by atoms with Gasteiger partial charge in [-0.3, -0.25) is 0 Å². The molecule has 0 unspecified atom stereocenters. The molecule has 0 spiro atoms. The first-order valence-electron chi connectivity index (χ1n) is 6.79. The predicted octanol–water partition coefficient (Wildman–Crippen LogP) is 0.444. The minimum Gasteiger partial charge on any atom is -1.00 e. The molecule has 117 valence electrons. The molecule has 0 fully saturated rings. The van der Waals surface area contributed by atoms with E-state index in [2.05, 4.69) is 55.4 Å². The van der Waals surface area contributed by atoms with Crippen LogP contribution in [0.2, 0.25) is 0 Å². The average Bonchev–Trinajstić information content (AvgIpc) is 2.68. The maximum atomic E-state index is 2.39. The summed E-state index contributed by atoms with van der Waals surface area (Å²) >= 11 is 0.416. The molecular formula is C16H24Cl2P2V. The molecule has 0 nitrogen and oxygen atoms in total. The molecule has 2 aromatic rings. The van der Waals surface area contributed by atoms with Crippen LogP contribution in [0, 0.1) is 55.4 Å². The predicted molar refractivity (Wildman–Crippen MR) is 87.0 cm³/mol. The molecule has 0 radical (unpaired) electrons. The number of halogens is 2. The zero-order valence-electron chi connectivity index (χ0n) is 14.1. The Morgan fingerprint density at radius 3 is 0.857 bits per heavy atom. The maximum absolute atomic E-state index is 2.39. The van der Waals surface area contributed by atoms with Crippen LogP contribution in [0.25, 0.3) is 0 Å². The Morgan fingerprint density at radius 2 is 0.667 bits per heavy atom. The van der Waals surface area contributed by atoms with Gasteiger partial charge in [0.15, 0.2) is 0 Å². The van der Waals surface area contributed by atoms with E-state index in [1.54, 1.807) is 43.4 Å². The smallest absolute Gasteiger partial charge is 1.00 e. The number of hydrogen-bond acceptors (Lipinski definition) is 0. The van der Waals surface area contributed by atoms with Crippen LogP contribution in [0.4, 0.5) is 0 Å². The number of rotatable bonds is 2. The fourth-order valence-electron chi connectivity index (χ4n) is 2.58. The summed E-state index contributed by atoms with van der Waals surface area (Å²) in [5.74, 6) is 0. The normalized spacial score (nSPS) is 9.90. The topological polar surface area (TPSA) is 0 Å². The first kappa shape index (κ1) is 21.7. The van der Waals surface area contributed by atoms with E-state index in [0.29, 0.717) is 15.4 Å². The van der Waals surface area contributed by atoms with Gasteiger partial charge in [0, 0.05) is 0 Å². The molecule has 0 aliphatic heterocycles. The Balaban J connectivity index is 0.00000200. The summed E-state index contributed by atoms with van der Waals surface area (Å²) in [4.78, 5) is 0. The van der Waals surface area contributed by atoms with Crippen molar-refractivity contribution in [3.05, 3.63) is 43.4 Å². The molecule has 0 atom stereocenters. The van der Waals surface area contributed by atoms with E-state index in [0.717, 1.165) is 0 Å². The van der Waals surface area contributed by atoms with Crippen molar-refractivity contribution in [1.29, 1.82) is 0 Å². The standard InChI is InChI=1S/2C8H12P.2ClH.V/c2*1-5-6(2)8(4)9-7(5)3;;;/h2*1-4H3;2*1H;/q2*-1;;;+4/p-2. The van der Waals surface area contributed by atoms with E-state index < -0.39 is 0 Å². The van der Waals surface area contributed by atoms with Crippen LogP contribution < -0.4 is 24.8 Å². The van der Waals surface area contributed by atoms with E-state index in [4.69, 9.17) is 0 Å². The van der Waals surface area contributed by atoms with Gasteiger partial charge in [-0.25, -0.2) is 0 Å². The molecule has 2 heterocycles. The van der Waals surface area contributed by atoms with Gasteiger partial charge in [-0.15, -0.1) is 0 Å². The molecule has 0 saturated heterocycles. The first-order chi connectivity index (χ1) is 8.77. The second kappa shape index (κ2) is 8.01. The Kier molecular flexibility index (Phi) is 8.29. The summed E-state index contributed by atoms with van der Waals surface area (Å²) in [6, 6.07) is 0.130. The molecule has 5 heteroatoms. The van der Waals surface area contributed by atoms with Crippen molar-refractivity contribution in [2.75, 3.05) is 0 Å². The second-order valence-corrected chi connectivity index (χ2v) is 16.5. The summed E-state index contributed by atoms with van der Waals surface area (Å²) in [6.07, 6.45) is 0. The summed E-state index contributed by atoms with van der Waals surface area (Å²) in [5.41, 5.74) is 6.35. The van der Waals surface area contributed by atoms with Crippen molar-refractivity contribution in [1.82, 2.24) is 0 Å². The molecule has 0 saturated carbocycles. The second-order valence-electron chi connectivity index (χ2n) is 5.55. The van der Waals surface area contributed by atoms with Crippen LogP contribution in [0.1, 0.15) is 43.4 Å².